The summed E-state index contributed by atoms with van der Waals surface area (Å²) in [6.07, 6.45) is 7.05. The zero-order valence-electron chi connectivity index (χ0n) is 17.4. The lowest BCUT2D eigenvalue weighted by Gasteiger charge is -2.31. The smallest absolute Gasteiger partial charge is 0.258 e. The third kappa shape index (κ3) is 4.41. The summed E-state index contributed by atoms with van der Waals surface area (Å²) in [4.78, 5) is 19.4. The highest BCUT2D eigenvalue weighted by Gasteiger charge is 2.18. The standard InChI is InChI=1S/C22H21IN8O/c1-29-14-19(13-26-29)15-2-3-16-11-24-20(9-17(16)8-15)27-22(32)18-10-21(28-25-12-18)30-4-6-31(23)7-5-30/h2-3,8-14H,4-7H2,1H3,(H,24,27,32). The minimum Gasteiger partial charge on any atom is -0.352 e. The van der Waals surface area contributed by atoms with Crippen LogP contribution in [0.25, 0.3) is 21.9 Å². The zero-order valence-corrected chi connectivity index (χ0v) is 19.6. The highest BCUT2D eigenvalue weighted by Crippen LogP contribution is 2.25. The van der Waals surface area contributed by atoms with Crippen molar-refractivity contribution < 1.29 is 4.79 Å². The van der Waals surface area contributed by atoms with Crippen LogP contribution in [0.5, 0.6) is 0 Å². The number of hydrogen-bond donors (Lipinski definition) is 1. The van der Waals surface area contributed by atoms with Gasteiger partial charge in [-0.05, 0) is 29.1 Å². The van der Waals surface area contributed by atoms with Gasteiger partial charge in [0.05, 0.1) is 18.0 Å². The van der Waals surface area contributed by atoms with E-state index in [1.165, 1.54) is 6.20 Å². The Morgan fingerprint density at radius 1 is 1.00 bits per heavy atom. The number of hydrogen-bond acceptors (Lipinski definition) is 7. The van der Waals surface area contributed by atoms with E-state index in [9.17, 15) is 4.79 Å². The van der Waals surface area contributed by atoms with Crippen molar-refractivity contribution in [3.05, 3.63) is 60.7 Å². The van der Waals surface area contributed by atoms with Gasteiger partial charge in [0.1, 0.15) is 5.82 Å². The Morgan fingerprint density at radius 3 is 2.62 bits per heavy atom. The first-order valence-electron chi connectivity index (χ1n) is 10.2. The molecular weight excluding hydrogens is 519 g/mol. The Labute approximate surface area is 198 Å². The number of piperazine rings is 1. The molecule has 1 saturated heterocycles. The largest absolute Gasteiger partial charge is 0.352 e. The fraction of sp³-hybridized carbons (Fsp3) is 0.227. The number of carbonyl (C=O) groups is 1. The number of halogens is 1. The van der Waals surface area contributed by atoms with Crippen molar-refractivity contribution in [1.82, 2.24) is 28.1 Å². The molecular formula is C22H21IN8O. The maximum absolute atomic E-state index is 12.9. The number of carbonyl (C=O) groups excluding carboxylic acids is 1. The Balaban J connectivity index is 1.36. The van der Waals surface area contributed by atoms with Crippen LogP contribution < -0.4 is 10.2 Å². The first-order valence-corrected chi connectivity index (χ1v) is 11.2. The van der Waals surface area contributed by atoms with E-state index in [1.54, 1.807) is 16.9 Å². The number of nitrogens with zero attached hydrogens (tertiary/aromatic N) is 7. The van der Waals surface area contributed by atoms with Crippen LogP contribution in [0.1, 0.15) is 10.4 Å². The first kappa shape index (κ1) is 20.8. The van der Waals surface area contributed by atoms with Gasteiger partial charge in [-0.1, -0.05) is 12.1 Å². The minimum atomic E-state index is -0.260. The molecule has 0 spiro atoms. The number of fused-ring (bicyclic) bond motifs is 1. The van der Waals surface area contributed by atoms with Crippen molar-refractivity contribution in [2.45, 2.75) is 0 Å². The average molecular weight is 540 g/mol. The van der Waals surface area contributed by atoms with E-state index in [1.807, 2.05) is 37.6 Å². The highest BCUT2D eigenvalue weighted by molar-refractivity contribution is 14.1. The Hall–Kier alpha value is -3.12. The zero-order chi connectivity index (χ0) is 22.1. The monoisotopic (exact) mass is 540 g/mol. The maximum Gasteiger partial charge on any atom is 0.258 e. The van der Waals surface area contributed by atoms with Crippen LogP contribution in [-0.2, 0) is 7.05 Å². The van der Waals surface area contributed by atoms with Crippen LogP contribution in [0.15, 0.2) is 55.1 Å². The molecule has 0 atom stereocenters. The second-order valence-corrected chi connectivity index (χ2v) is 9.05. The van der Waals surface area contributed by atoms with Gasteiger partial charge < -0.3 is 10.2 Å². The molecule has 1 aliphatic heterocycles. The summed E-state index contributed by atoms with van der Waals surface area (Å²) in [6.45, 7) is 3.60. The van der Waals surface area contributed by atoms with Crippen molar-refractivity contribution >= 4 is 51.2 Å². The molecule has 4 heterocycles. The molecule has 1 aromatic carbocycles. The number of amides is 1. The third-order valence-electron chi connectivity index (χ3n) is 5.45. The third-order valence-corrected chi connectivity index (χ3v) is 6.42. The van der Waals surface area contributed by atoms with Gasteiger partial charge in [0, 0.05) is 79.4 Å². The summed E-state index contributed by atoms with van der Waals surface area (Å²) in [5.74, 6) is 0.946. The lowest BCUT2D eigenvalue weighted by atomic mass is 10.1. The molecule has 1 amide bonds. The predicted molar refractivity (Wildman–Crippen MR) is 132 cm³/mol. The van der Waals surface area contributed by atoms with Gasteiger partial charge >= 0.3 is 0 Å². The number of pyridine rings is 1. The van der Waals surface area contributed by atoms with E-state index in [0.29, 0.717) is 11.4 Å². The number of nitrogens with one attached hydrogen (secondary N) is 1. The van der Waals surface area contributed by atoms with Crippen molar-refractivity contribution in [2.75, 3.05) is 36.4 Å². The highest BCUT2D eigenvalue weighted by atomic mass is 127. The number of benzene rings is 1. The quantitative estimate of drug-likeness (QED) is 0.314. The number of anilines is 2. The summed E-state index contributed by atoms with van der Waals surface area (Å²) < 4.78 is 4.01. The molecule has 0 unspecified atom stereocenters. The van der Waals surface area contributed by atoms with Gasteiger partial charge in [0.25, 0.3) is 5.91 Å². The molecule has 0 aliphatic carbocycles. The van der Waals surface area contributed by atoms with Gasteiger partial charge in [-0.15, -0.1) is 5.10 Å². The molecule has 162 valence electrons. The summed E-state index contributed by atoms with van der Waals surface area (Å²) >= 11 is 2.32. The molecule has 1 aliphatic rings. The van der Waals surface area contributed by atoms with Crippen molar-refractivity contribution in [2.24, 2.45) is 7.05 Å². The maximum atomic E-state index is 12.9. The molecule has 0 radical (unpaired) electrons. The fourth-order valence-corrected chi connectivity index (χ4v) is 4.12. The molecule has 5 rings (SSSR count). The molecule has 0 bridgehead atoms. The number of rotatable bonds is 4. The van der Waals surface area contributed by atoms with E-state index in [-0.39, 0.29) is 5.91 Å². The molecule has 0 saturated carbocycles. The Morgan fingerprint density at radius 2 is 1.84 bits per heavy atom. The Kier molecular flexibility index (Phi) is 5.70. The lowest BCUT2D eigenvalue weighted by Crippen LogP contribution is -2.42. The molecule has 32 heavy (non-hydrogen) atoms. The van der Waals surface area contributed by atoms with Crippen LogP contribution in [0, 0.1) is 0 Å². The van der Waals surface area contributed by atoms with Crippen molar-refractivity contribution in [1.29, 1.82) is 0 Å². The van der Waals surface area contributed by atoms with E-state index < -0.39 is 0 Å². The molecule has 1 N–H and O–H groups in total. The summed E-state index contributed by atoms with van der Waals surface area (Å²) in [5.41, 5.74) is 2.55. The molecule has 1 fully saturated rings. The van der Waals surface area contributed by atoms with E-state index in [0.717, 1.165) is 53.9 Å². The minimum absolute atomic E-state index is 0.260. The van der Waals surface area contributed by atoms with Gasteiger partial charge in [0.15, 0.2) is 5.82 Å². The van der Waals surface area contributed by atoms with E-state index in [4.69, 9.17) is 0 Å². The Bertz CT molecular complexity index is 1280. The van der Waals surface area contributed by atoms with Crippen molar-refractivity contribution in [3.63, 3.8) is 0 Å². The second-order valence-electron chi connectivity index (χ2n) is 7.69. The molecule has 3 aromatic heterocycles. The number of aromatic nitrogens is 5. The summed E-state index contributed by atoms with van der Waals surface area (Å²) in [5, 5.41) is 17.4. The predicted octanol–water partition coefficient (Wildman–Crippen LogP) is 3.15. The van der Waals surface area contributed by atoms with Crippen LogP contribution in [0.3, 0.4) is 0 Å². The van der Waals surface area contributed by atoms with Crippen LogP contribution in [0.2, 0.25) is 0 Å². The molecule has 9 nitrogen and oxygen atoms in total. The summed E-state index contributed by atoms with van der Waals surface area (Å²) in [6, 6.07) is 9.80. The molecule has 4 aromatic rings. The van der Waals surface area contributed by atoms with Gasteiger partial charge in [0.2, 0.25) is 0 Å². The first-order chi connectivity index (χ1) is 15.5. The van der Waals surface area contributed by atoms with Crippen molar-refractivity contribution in [3.8, 4) is 11.1 Å². The van der Waals surface area contributed by atoms with E-state index in [2.05, 4.69) is 62.5 Å². The average Bonchev–Trinajstić information content (AvgIpc) is 3.25. The van der Waals surface area contributed by atoms with Crippen LogP contribution in [0.4, 0.5) is 11.6 Å². The SMILES string of the molecule is Cn1cc(-c2ccc3cnc(NC(=O)c4cnnc(N5CCN(I)CC5)c4)cc3c2)cn1. The van der Waals surface area contributed by atoms with Gasteiger partial charge in [-0.3, -0.25) is 9.48 Å². The summed E-state index contributed by atoms with van der Waals surface area (Å²) in [7, 11) is 1.89. The van der Waals surface area contributed by atoms with E-state index >= 15 is 0 Å². The molecule has 10 heteroatoms. The van der Waals surface area contributed by atoms with Gasteiger partial charge in [-0.2, -0.15) is 10.2 Å². The van der Waals surface area contributed by atoms with Crippen LogP contribution >= 0.6 is 22.9 Å². The fourth-order valence-electron chi connectivity index (χ4n) is 3.69. The lowest BCUT2D eigenvalue weighted by molar-refractivity contribution is 0.102. The topological polar surface area (TPSA) is 92.1 Å². The van der Waals surface area contributed by atoms with Crippen LogP contribution in [-0.4, -0.2) is 60.2 Å². The normalized spacial score (nSPS) is 14.6. The second kappa shape index (κ2) is 8.79. The van der Waals surface area contributed by atoms with Gasteiger partial charge in [-0.25, -0.2) is 8.10 Å². The number of aryl methyl sites for hydroxylation is 1.